The van der Waals surface area contributed by atoms with Crippen LogP contribution < -0.4 is 0 Å². The van der Waals surface area contributed by atoms with Crippen LogP contribution in [0, 0.1) is 0 Å². The van der Waals surface area contributed by atoms with Crippen molar-refractivity contribution >= 4 is 11.9 Å². The average Bonchev–Trinajstić information content (AvgIpc) is 2.23. The number of Topliss-reactive ketones (excluding diaryl/α,β-unsaturated/α-hetero) is 1. The highest BCUT2D eigenvalue weighted by Crippen LogP contribution is 2.21. The Hall–Kier alpha value is -1.37. The lowest BCUT2D eigenvalue weighted by Crippen LogP contribution is -2.07. The predicted octanol–water partition coefficient (Wildman–Crippen LogP) is 3.21. The first-order chi connectivity index (χ1) is 6.86. The van der Waals surface area contributed by atoms with E-state index in [-0.39, 0.29) is 0 Å². The van der Waals surface area contributed by atoms with Crippen LogP contribution in [0.3, 0.4) is 0 Å². The molecule has 0 N–H and O–H groups in total. The minimum absolute atomic E-state index is 0.333. The molecule has 1 aliphatic carbocycles. The summed E-state index contributed by atoms with van der Waals surface area (Å²) in [6.45, 7) is 0. The first-order valence-corrected chi connectivity index (χ1v) is 5.15. The highest BCUT2D eigenvalue weighted by Gasteiger charge is 2.14. The van der Waals surface area contributed by atoms with Gasteiger partial charge in [0.15, 0.2) is 5.78 Å². The van der Waals surface area contributed by atoms with Gasteiger partial charge in [0.25, 0.3) is 0 Å². The molecule has 14 heavy (non-hydrogen) atoms. The van der Waals surface area contributed by atoms with Crippen LogP contribution >= 0.6 is 0 Å². The Kier molecular flexibility index (Phi) is 2.78. The van der Waals surface area contributed by atoms with Crippen LogP contribution in [-0.4, -0.2) is 5.78 Å². The zero-order chi connectivity index (χ0) is 9.80. The fraction of sp³-hybridized carbons (Fsp3) is 0.308. The second-order valence-electron chi connectivity index (χ2n) is 3.71. The quantitative estimate of drug-likeness (QED) is 0.615. The van der Waals surface area contributed by atoms with Crippen molar-refractivity contribution < 1.29 is 4.79 Å². The summed E-state index contributed by atoms with van der Waals surface area (Å²) in [6, 6.07) is 10.1. The van der Waals surface area contributed by atoms with Gasteiger partial charge in [-0.3, -0.25) is 4.79 Å². The molecule has 1 aromatic rings. The third-order valence-corrected chi connectivity index (χ3v) is 2.60. The topological polar surface area (TPSA) is 17.1 Å². The van der Waals surface area contributed by atoms with Gasteiger partial charge < -0.3 is 0 Å². The third-order valence-electron chi connectivity index (χ3n) is 2.60. The number of carbonyl (C=O) groups is 1. The molecule has 1 fully saturated rings. The van der Waals surface area contributed by atoms with Crippen LogP contribution in [0.5, 0.6) is 0 Å². The molecule has 0 heterocycles. The number of rotatable bonds is 1. The van der Waals surface area contributed by atoms with Crippen LogP contribution in [0.1, 0.15) is 31.2 Å². The summed E-state index contributed by atoms with van der Waals surface area (Å²) in [7, 11) is 0. The van der Waals surface area contributed by atoms with Gasteiger partial charge in [0.05, 0.1) is 0 Å². The molecule has 2 rings (SSSR count). The average molecular weight is 186 g/mol. The lowest BCUT2D eigenvalue weighted by molar-refractivity contribution is -0.116. The molecule has 0 bridgehead atoms. The monoisotopic (exact) mass is 186 g/mol. The number of allylic oxidation sites excluding steroid dienone is 1. The predicted molar refractivity (Wildman–Crippen MR) is 57.9 cm³/mol. The zero-order valence-corrected chi connectivity index (χ0v) is 8.20. The fourth-order valence-corrected chi connectivity index (χ4v) is 1.80. The standard InChI is InChI=1S/C13H14O/c14-13-9-5-4-8-12(13)10-11-6-2-1-3-7-11/h1-3,6-7,10H,4-5,8-9H2. The van der Waals surface area contributed by atoms with Crippen LogP contribution in [0.25, 0.3) is 6.08 Å². The smallest absolute Gasteiger partial charge is 0.158 e. The summed E-state index contributed by atoms with van der Waals surface area (Å²) < 4.78 is 0. The Bertz CT molecular complexity index is 349. The maximum Gasteiger partial charge on any atom is 0.158 e. The van der Waals surface area contributed by atoms with Gasteiger partial charge in [0.2, 0.25) is 0 Å². The maximum atomic E-state index is 11.5. The van der Waals surface area contributed by atoms with E-state index in [2.05, 4.69) is 0 Å². The largest absolute Gasteiger partial charge is 0.295 e. The van der Waals surface area contributed by atoms with Gasteiger partial charge >= 0.3 is 0 Å². The molecule has 0 aromatic heterocycles. The zero-order valence-electron chi connectivity index (χ0n) is 8.20. The van der Waals surface area contributed by atoms with E-state index in [0.29, 0.717) is 5.78 Å². The lowest BCUT2D eigenvalue weighted by Gasteiger charge is -2.12. The molecule has 0 saturated heterocycles. The second-order valence-corrected chi connectivity index (χ2v) is 3.71. The van der Waals surface area contributed by atoms with Gasteiger partial charge in [-0.2, -0.15) is 0 Å². The molecule has 0 spiro atoms. The SMILES string of the molecule is O=C1CCCCC1=Cc1ccccc1. The van der Waals surface area contributed by atoms with E-state index in [4.69, 9.17) is 0 Å². The number of ketones is 1. The highest BCUT2D eigenvalue weighted by molar-refractivity contribution is 6.00. The molecule has 72 valence electrons. The number of hydrogen-bond acceptors (Lipinski definition) is 1. The molecular formula is C13H14O. The molecule has 0 amide bonds. The first kappa shape index (κ1) is 9.20. The van der Waals surface area contributed by atoms with Crippen molar-refractivity contribution in [3.05, 3.63) is 41.5 Å². The van der Waals surface area contributed by atoms with Crippen molar-refractivity contribution in [2.24, 2.45) is 0 Å². The van der Waals surface area contributed by atoms with Crippen LogP contribution in [0.2, 0.25) is 0 Å². The number of benzene rings is 1. The van der Waals surface area contributed by atoms with Crippen molar-refractivity contribution in [3.8, 4) is 0 Å². The van der Waals surface area contributed by atoms with Crippen molar-refractivity contribution in [2.45, 2.75) is 25.7 Å². The molecule has 0 radical (unpaired) electrons. The maximum absolute atomic E-state index is 11.5. The van der Waals surface area contributed by atoms with E-state index in [0.717, 1.165) is 36.8 Å². The first-order valence-electron chi connectivity index (χ1n) is 5.15. The summed E-state index contributed by atoms with van der Waals surface area (Å²) in [6.07, 6.45) is 5.93. The van der Waals surface area contributed by atoms with Crippen LogP contribution in [0.4, 0.5) is 0 Å². The van der Waals surface area contributed by atoms with Gasteiger partial charge in [0.1, 0.15) is 0 Å². The Morgan fingerprint density at radius 1 is 1.00 bits per heavy atom. The van der Waals surface area contributed by atoms with E-state index in [9.17, 15) is 4.79 Å². The van der Waals surface area contributed by atoms with Crippen molar-refractivity contribution in [2.75, 3.05) is 0 Å². The van der Waals surface area contributed by atoms with E-state index < -0.39 is 0 Å². The third kappa shape index (κ3) is 2.11. The molecule has 1 aliphatic rings. The Morgan fingerprint density at radius 2 is 1.71 bits per heavy atom. The second kappa shape index (κ2) is 4.23. The fourth-order valence-electron chi connectivity index (χ4n) is 1.80. The van der Waals surface area contributed by atoms with Gasteiger partial charge in [0, 0.05) is 6.42 Å². The lowest BCUT2D eigenvalue weighted by atomic mass is 9.92. The summed E-state index contributed by atoms with van der Waals surface area (Å²) >= 11 is 0. The highest BCUT2D eigenvalue weighted by atomic mass is 16.1. The van der Waals surface area contributed by atoms with Gasteiger partial charge in [-0.15, -0.1) is 0 Å². The summed E-state index contributed by atoms with van der Waals surface area (Å²) in [5.41, 5.74) is 2.14. The number of hydrogen-bond donors (Lipinski definition) is 0. The molecular weight excluding hydrogens is 172 g/mol. The Morgan fingerprint density at radius 3 is 2.43 bits per heavy atom. The van der Waals surface area contributed by atoms with Crippen molar-refractivity contribution in [3.63, 3.8) is 0 Å². The summed E-state index contributed by atoms with van der Waals surface area (Å²) in [4.78, 5) is 11.5. The van der Waals surface area contributed by atoms with Crippen LogP contribution in [0.15, 0.2) is 35.9 Å². The Labute approximate surface area is 84.5 Å². The molecule has 1 aromatic carbocycles. The van der Waals surface area contributed by atoms with Crippen LogP contribution in [-0.2, 0) is 4.79 Å². The number of carbonyl (C=O) groups excluding carboxylic acids is 1. The van der Waals surface area contributed by atoms with Gasteiger partial charge in [-0.1, -0.05) is 30.3 Å². The molecule has 1 heteroatoms. The van der Waals surface area contributed by atoms with Crippen molar-refractivity contribution in [1.29, 1.82) is 0 Å². The Balaban J connectivity index is 2.21. The molecule has 0 atom stereocenters. The van der Waals surface area contributed by atoms with E-state index in [1.54, 1.807) is 0 Å². The van der Waals surface area contributed by atoms with E-state index in [1.165, 1.54) is 0 Å². The molecule has 1 nitrogen and oxygen atoms in total. The minimum Gasteiger partial charge on any atom is -0.295 e. The molecule has 0 aliphatic heterocycles. The minimum atomic E-state index is 0.333. The van der Waals surface area contributed by atoms with E-state index >= 15 is 0 Å². The summed E-state index contributed by atoms with van der Waals surface area (Å²) in [5, 5.41) is 0. The molecule has 0 unspecified atom stereocenters. The summed E-state index contributed by atoms with van der Waals surface area (Å²) in [5.74, 6) is 0.333. The van der Waals surface area contributed by atoms with E-state index in [1.807, 2.05) is 36.4 Å². The van der Waals surface area contributed by atoms with Gasteiger partial charge in [-0.25, -0.2) is 0 Å². The van der Waals surface area contributed by atoms with Crippen molar-refractivity contribution in [1.82, 2.24) is 0 Å². The molecule has 1 saturated carbocycles. The van der Waals surface area contributed by atoms with Gasteiger partial charge in [-0.05, 0) is 36.5 Å². The normalized spacial score (nSPS) is 20.0.